The van der Waals surface area contributed by atoms with E-state index in [9.17, 15) is 19.5 Å². The van der Waals surface area contributed by atoms with Gasteiger partial charge in [-0.25, -0.2) is 4.99 Å². The van der Waals surface area contributed by atoms with Crippen LogP contribution in [0.1, 0.15) is 85.0 Å². The number of carbonyl (C=O) groups excluding carboxylic acids is 3. The van der Waals surface area contributed by atoms with Gasteiger partial charge in [0.25, 0.3) is 5.91 Å². The highest BCUT2D eigenvalue weighted by Crippen LogP contribution is 2.41. The van der Waals surface area contributed by atoms with Crippen LogP contribution in [0.2, 0.25) is 0 Å². The fourth-order valence-electron chi connectivity index (χ4n) is 5.11. The van der Waals surface area contributed by atoms with Gasteiger partial charge in [0.05, 0.1) is 11.4 Å². The van der Waals surface area contributed by atoms with Gasteiger partial charge < -0.3 is 40.1 Å². The Labute approximate surface area is 252 Å². The number of nitrogens with zero attached hydrogens (tertiary/aromatic N) is 1. The highest BCUT2D eigenvalue weighted by molar-refractivity contribution is 6.10. The molecule has 1 aliphatic carbocycles. The predicted molar refractivity (Wildman–Crippen MR) is 158 cm³/mol. The third-order valence-corrected chi connectivity index (χ3v) is 8.37. The fourth-order valence-corrected chi connectivity index (χ4v) is 5.11. The van der Waals surface area contributed by atoms with E-state index in [4.69, 9.17) is 30.1 Å². The quantitative estimate of drug-likeness (QED) is 0.143. The number of nitrogens with one attached hydrogen (secondary N) is 3. The molecule has 13 nitrogen and oxygen atoms in total. The average Bonchev–Trinajstić information content (AvgIpc) is 3.69. The van der Waals surface area contributed by atoms with Crippen LogP contribution in [0.5, 0.6) is 0 Å². The van der Waals surface area contributed by atoms with Crippen molar-refractivity contribution in [3.63, 3.8) is 0 Å². The summed E-state index contributed by atoms with van der Waals surface area (Å²) in [5, 5.41) is 21.6. The minimum absolute atomic E-state index is 0.0454. The first kappa shape index (κ1) is 34.4. The molecule has 13 heteroatoms. The molecular formula is C30H47N5O8. The number of aliphatic hydroxyl groups excluding tert-OH is 1. The summed E-state index contributed by atoms with van der Waals surface area (Å²) in [5.74, 6) is -1.25. The van der Waals surface area contributed by atoms with E-state index < -0.39 is 52.8 Å². The van der Waals surface area contributed by atoms with E-state index in [1.807, 2.05) is 0 Å². The molecule has 1 aliphatic heterocycles. The van der Waals surface area contributed by atoms with Crippen LogP contribution in [-0.4, -0.2) is 83.8 Å². The van der Waals surface area contributed by atoms with Crippen LogP contribution in [0.25, 0.3) is 0 Å². The third-order valence-electron chi connectivity index (χ3n) is 8.37. The lowest BCUT2D eigenvalue weighted by molar-refractivity contribution is -0.163. The summed E-state index contributed by atoms with van der Waals surface area (Å²) >= 11 is 0. The number of esters is 2. The van der Waals surface area contributed by atoms with Crippen molar-refractivity contribution in [2.75, 3.05) is 13.7 Å². The lowest BCUT2D eigenvalue weighted by Crippen LogP contribution is -2.48. The summed E-state index contributed by atoms with van der Waals surface area (Å²) in [6, 6.07) is 2.25. The maximum Gasteiger partial charge on any atom is 0.323 e. The van der Waals surface area contributed by atoms with Gasteiger partial charge in [-0.05, 0) is 57.1 Å². The second-order valence-corrected chi connectivity index (χ2v) is 13.1. The molecule has 43 heavy (non-hydrogen) atoms. The summed E-state index contributed by atoms with van der Waals surface area (Å²) in [6.07, 6.45) is 1.66. The van der Waals surface area contributed by atoms with Crippen molar-refractivity contribution in [3.05, 3.63) is 23.5 Å². The van der Waals surface area contributed by atoms with Crippen LogP contribution in [0, 0.1) is 16.7 Å². The summed E-state index contributed by atoms with van der Waals surface area (Å²) in [5.41, 5.74) is 3.61. The number of ether oxygens (including phenoxy) is 4. The lowest BCUT2D eigenvalue weighted by Gasteiger charge is -2.29. The molecule has 2 aliphatic rings. The van der Waals surface area contributed by atoms with Crippen molar-refractivity contribution >= 4 is 30.0 Å². The molecule has 1 amide bonds. The topological polar surface area (TPSA) is 198 Å². The van der Waals surface area contributed by atoms with Crippen LogP contribution in [0.4, 0.5) is 0 Å². The van der Waals surface area contributed by atoms with Crippen molar-refractivity contribution in [3.8, 4) is 0 Å². The molecule has 0 aromatic carbocycles. The van der Waals surface area contributed by atoms with E-state index in [0.29, 0.717) is 17.8 Å². The Balaban J connectivity index is 1.86. The van der Waals surface area contributed by atoms with Gasteiger partial charge >= 0.3 is 11.9 Å². The summed E-state index contributed by atoms with van der Waals surface area (Å²) in [7, 11) is 1.40. The molecule has 6 N–H and O–H groups in total. The van der Waals surface area contributed by atoms with Crippen molar-refractivity contribution in [1.29, 1.82) is 5.41 Å². The molecule has 5 atom stereocenters. The second-order valence-electron chi connectivity index (χ2n) is 13.1. The SMILES string of the molecule is COC(C)(C)C(=O)NC(=NC=N)c1ccc([C@]2(C)O[C@H](COC(=O)CC3CCCC3)[C@@H](OC(=O)[C@@H](N)C(C)(C)C)[C@H]2O)[nH]1. The minimum Gasteiger partial charge on any atom is -0.463 e. The van der Waals surface area contributed by atoms with Gasteiger partial charge in [0, 0.05) is 13.5 Å². The van der Waals surface area contributed by atoms with Gasteiger partial charge in [0.15, 0.2) is 11.9 Å². The van der Waals surface area contributed by atoms with Gasteiger partial charge in [-0.15, -0.1) is 0 Å². The second kappa shape index (κ2) is 13.7. The third kappa shape index (κ3) is 8.08. The zero-order valence-corrected chi connectivity index (χ0v) is 26.2. The van der Waals surface area contributed by atoms with E-state index in [1.165, 1.54) is 7.11 Å². The Morgan fingerprint density at radius 1 is 1.26 bits per heavy atom. The number of aliphatic hydroxyl groups is 1. The summed E-state index contributed by atoms with van der Waals surface area (Å²) < 4.78 is 22.8. The Kier molecular flexibility index (Phi) is 10.9. The van der Waals surface area contributed by atoms with Crippen molar-refractivity contribution in [2.45, 2.75) is 109 Å². The number of hydrogen-bond donors (Lipinski definition) is 5. The number of rotatable bonds is 11. The molecule has 1 aromatic heterocycles. The molecule has 1 saturated carbocycles. The first-order chi connectivity index (χ1) is 20.0. The molecule has 1 saturated heterocycles. The van der Waals surface area contributed by atoms with E-state index in [2.05, 4.69) is 15.3 Å². The minimum atomic E-state index is -1.46. The van der Waals surface area contributed by atoms with Crippen LogP contribution < -0.4 is 11.1 Å². The molecule has 2 fully saturated rings. The highest BCUT2D eigenvalue weighted by Gasteiger charge is 2.56. The summed E-state index contributed by atoms with van der Waals surface area (Å²) in [4.78, 5) is 45.4. The number of aliphatic imine (C=N–C) groups is 1. The number of H-pyrrole nitrogens is 1. The Hall–Kier alpha value is -3.13. The van der Waals surface area contributed by atoms with Crippen molar-refractivity contribution < 1.29 is 38.4 Å². The smallest absolute Gasteiger partial charge is 0.323 e. The summed E-state index contributed by atoms with van der Waals surface area (Å²) in [6.45, 7) is 9.94. The molecule has 1 aromatic rings. The average molecular weight is 606 g/mol. The maximum absolute atomic E-state index is 13.0. The largest absolute Gasteiger partial charge is 0.463 e. The Morgan fingerprint density at radius 2 is 1.91 bits per heavy atom. The van der Waals surface area contributed by atoms with Gasteiger partial charge in [-0.3, -0.25) is 19.8 Å². The zero-order valence-electron chi connectivity index (χ0n) is 26.2. The zero-order chi connectivity index (χ0) is 32.2. The van der Waals surface area contributed by atoms with E-state index >= 15 is 0 Å². The number of hydrogen-bond acceptors (Lipinski definition) is 10. The molecule has 0 unspecified atom stereocenters. The monoisotopic (exact) mass is 605 g/mol. The predicted octanol–water partition coefficient (Wildman–Crippen LogP) is 2.29. The standard InChI is InChI=1S/C30H47N5O8/c1-28(2,3)23(32)26(38)42-22-19(15-41-21(36)14-17-10-8-9-11-17)43-30(6,24(22)37)20-13-12-18(34-20)25(33-16-31)35-27(39)29(4,5)40-7/h12-13,16-17,19,22-24,34,37H,8-11,14-15,32H2,1-7H3,(H2,31,33,35,39)/t19-,22-,23-,24-,30+/m1/s1. The van der Waals surface area contributed by atoms with Gasteiger partial charge in [0.2, 0.25) is 0 Å². The van der Waals surface area contributed by atoms with Crippen LogP contribution >= 0.6 is 0 Å². The fraction of sp³-hybridized carbons (Fsp3) is 0.700. The van der Waals surface area contributed by atoms with Gasteiger partial charge in [-0.1, -0.05) is 33.6 Å². The Bertz CT molecular complexity index is 1200. The van der Waals surface area contributed by atoms with Crippen LogP contribution in [0.3, 0.4) is 0 Å². The number of nitrogens with two attached hydrogens (primary N) is 1. The number of aromatic amines is 1. The molecule has 2 heterocycles. The number of amides is 1. The lowest BCUT2D eigenvalue weighted by atomic mass is 9.87. The van der Waals surface area contributed by atoms with Gasteiger partial charge in [0.1, 0.15) is 42.4 Å². The van der Waals surface area contributed by atoms with E-state index in [1.54, 1.807) is 53.7 Å². The molecule has 240 valence electrons. The number of carbonyl (C=O) groups is 3. The van der Waals surface area contributed by atoms with Crippen molar-refractivity contribution in [1.82, 2.24) is 10.3 Å². The van der Waals surface area contributed by atoms with Crippen LogP contribution in [-0.2, 0) is 38.9 Å². The normalized spacial score (nSPS) is 25.8. The van der Waals surface area contributed by atoms with Gasteiger partial charge in [-0.2, -0.15) is 0 Å². The van der Waals surface area contributed by atoms with E-state index in [-0.39, 0.29) is 24.3 Å². The number of amidine groups is 1. The first-order valence-electron chi connectivity index (χ1n) is 14.6. The molecule has 0 spiro atoms. The van der Waals surface area contributed by atoms with E-state index in [0.717, 1.165) is 32.0 Å². The molecule has 3 rings (SSSR count). The first-order valence-corrected chi connectivity index (χ1v) is 14.6. The molecule has 0 bridgehead atoms. The van der Waals surface area contributed by atoms with Crippen LogP contribution in [0.15, 0.2) is 17.1 Å². The maximum atomic E-state index is 13.0. The molecule has 0 radical (unpaired) electrons. The number of aromatic nitrogens is 1. The highest BCUT2D eigenvalue weighted by atomic mass is 16.6. The molecular weight excluding hydrogens is 558 g/mol. The Morgan fingerprint density at radius 3 is 2.49 bits per heavy atom. The number of methoxy groups -OCH3 is 1. The van der Waals surface area contributed by atoms with Crippen molar-refractivity contribution in [2.24, 2.45) is 22.1 Å².